The van der Waals surface area contributed by atoms with Crippen LogP contribution in [0.15, 0.2) is 46.2 Å². The third kappa shape index (κ3) is 3.00. The van der Waals surface area contributed by atoms with E-state index in [1.165, 1.54) is 30.5 Å². The molecule has 1 unspecified atom stereocenters. The van der Waals surface area contributed by atoms with Crippen LogP contribution >= 0.6 is 11.8 Å². The SMILES string of the molecule is O=C(NC1CCSc2ccc(F)cc21)c1ccc(=O)[nH]c1. The average Bonchev–Trinajstić information content (AvgIpc) is 2.48. The largest absolute Gasteiger partial charge is 0.345 e. The Labute approximate surface area is 124 Å². The summed E-state index contributed by atoms with van der Waals surface area (Å²) in [5, 5.41) is 2.90. The lowest BCUT2D eigenvalue weighted by Crippen LogP contribution is -2.31. The Hall–Kier alpha value is -2.08. The maximum atomic E-state index is 13.4. The van der Waals surface area contributed by atoms with E-state index in [9.17, 15) is 14.0 Å². The summed E-state index contributed by atoms with van der Waals surface area (Å²) in [6, 6.07) is 7.21. The molecule has 0 aliphatic carbocycles. The normalized spacial score (nSPS) is 17.1. The molecule has 1 atom stereocenters. The number of rotatable bonds is 2. The molecule has 2 N–H and O–H groups in total. The first-order valence-electron chi connectivity index (χ1n) is 6.55. The Balaban J connectivity index is 1.83. The van der Waals surface area contributed by atoms with Crippen LogP contribution in [0.4, 0.5) is 4.39 Å². The number of benzene rings is 1. The van der Waals surface area contributed by atoms with Crippen molar-refractivity contribution >= 4 is 17.7 Å². The lowest BCUT2D eigenvalue weighted by atomic mass is 10.0. The van der Waals surface area contributed by atoms with Crippen molar-refractivity contribution in [3.63, 3.8) is 0 Å². The zero-order valence-corrected chi connectivity index (χ0v) is 11.9. The summed E-state index contributed by atoms with van der Waals surface area (Å²) >= 11 is 1.66. The fourth-order valence-electron chi connectivity index (χ4n) is 2.31. The Morgan fingerprint density at radius 3 is 2.95 bits per heavy atom. The molecule has 2 aromatic rings. The van der Waals surface area contributed by atoms with Crippen molar-refractivity contribution in [2.75, 3.05) is 5.75 Å². The molecule has 4 nitrogen and oxygen atoms in total. The minimum atomic E-state index is -0.306. The fourth-order valence-corrected chi connectivity index (χ4v) is 3.41. The van der Waals surface area contributed by atoms with Gasteiger partial charge in [-0.05, 0) is 36.2 Å². The van der Waals surface area contributed by atoms with E-state index in [1.54, 1.807) is 17.8 Å². The molecule has 2 heterocycles. The standard InChI is InChI=1S/C15H13FN2O2S/c16-10-2-3-13-11(7-10)12(5-6-21-13)18-15(20)9-1-4-14(19)17-8-9/h1-4,7-8,12H,5-6H2,(H,17,19)(H,18,20). The van der Waals surface area contributed by atoms with Gasteiger partial charge in [0, 0.05) is 22.9 Å². The summed E-state index contributed by atoms with van der Waals surface area (Å²) in [6.45, 7) is 0. The number of amides is 1. The Morgan fingerprint density at radius 1 is 1.33 bits per heavy atom. The van der Waals surface area contributed by atoms with Crippen LogP contribution in [0.2, 0.25) is 0 Å². The van der Waals surface area contributed by atoms with Crippen molar-refractivity contribution in [1.82, 2.24) is 10.3 Å². The molecule has 0 saturated carbocycles. The number of pyridine rings is 1. The predicted molar refractivity (Wildman–Crippen MR) is 79.0 cm³/mol. The average molecular weight is 304 g/mol. The van der Waals surface area contributed by atoms with Crippen LogP contribution in [-0.4, -0.2) is 16.6 Å². The van der Waals surface area contributed by atoms with Gasteiger partial charge in [0.1, 0.15) is 5.82 Å². The second-order valence-corrected chi connectivity index (χ2v) is 5.92. The number of fused-ring (bicyclic) bond motifs is 1. The number of H-pyrrole nitrogens is 1. The summed E-state index contributed by atoms with van der Waals surface area (Å²) in [7, 11) is 0. The van der Waals surface area contributed by atoms with Crippen LogP contribution in [0, 0.1) is 5.82 Å². The zero-order valence-electron chi connectivity index (χ0n) is 11.1. The summed E-state index contributed by atoms with van der Waals surface area (Å²) in [5.41, 5.74) is 0.933. The van der Waals surface area contributed by atoms with Gasteiger partial charge in [-0.2, -0.15) is 0 Å². The van der Waals surface area contributed by atoms with E-state index in [0.29, 0.717) is 5.56 Å². The first-order chi connectivity index (χ1) is 10.1. The fraction of sp³-hybridized carbons (Fsp3) is 0.200. The second-order valence-electron chi connectivity index (χ2n) is 4.79. The van der Waals surface area contributed by atoms with E-state index in [-0.39, 0.29) is 23.3 Å². The first-order valence-corrected chi connectivity index (χ1v) is 7.54. The van der Waals surface area contributed by atoms with Gasteiger partial charge in [-0.3, -0.25) is 9.59 Å². The molecule has 0 radical (unpaired) electrons. The van der Waals surface area contributed by atoms with Crippen LogP contribution in [0.5, 0.6) is 0 Å². The van der Waals surface area contributed by atoms with Gasteiger partial charge in [0.15, 0.2) is 0 Å². The van der Waals surface area contributed by atoms with Gasteiger partial charge in [-0.15, -0.1) is 11.8 Å². The van der Waals surface area contributed by atoms with Crippen molar-refractivity contribution < 1.29 is 9.18 Å². The molecule has 1 aromatic carbocycles. The van der Waals surface area contributed by atoms with E-state index >= 15 is 0 Å². The van der Waals surface area contributed by atoms with Gasteiger partial charge in [-0.1, -0.05) is 0 Å². The number of aromatic nitrogens is 1. The monoisotopic (exact) mass is 304 g/mol. The lowest BCUT2D eigenvalue weighted by molar-refractivity contribution is 0.0934. The second kappa shape index (κ2) is 5.73. The maximum absolute atomic E-state index is 13.4. The molecule has 3 rings (SSSR count). The molecule has 108 valence electrons. The molecule has 1 aromatic heterocycles. The summed E-state index contributed by atoms with van der Waals surface area (Å²) in [6.07, 6.45) is 2.12. The molecule has 0 saturated heterocycles. The maximum Gasteiger partial charge on any atom is 0.253 e. The van der Waals surface area contributed by atoms with E-state index in [2.05, 4.69) is 10.3 Å². The minimum Gasteiger partial charge on any atom is -0.345 e. The van der Waals surface area contributed by atoms with Gasteiger partial charge >= 0.3 is 0 Å². The van der Waals surface area contributed by atoms with Crippen molar-refractivity contribution in [2.24, 2.45) is 0 Å². The number of hydrogen-bond acceptors (Lipinski definition) is 3. The number of hydrogen-bond donors (Lipinski definition) is 2. The molecular formula is C15H13FN2O2S. The number of carbonyl (C=O) groups is 1. The van der Waals surface area contributed by atoms with Crippen LogP contribution in [-0.2, 0) is 0 Å². The van der Waals surface area contributed by atoms with Crippen LogP contribution in [0.3, 0.4) is 0 Å². The summed E-state index contributed by atoms with van der Waals surface area (Å²) in [4.78, 5) is 26.6. The van der Waals surface area contributed by atoms with Gasteiger partial charge in [0.25, 0.3) is 5.91 Å². The van der Waals surface area contributed by atoms with Crippen LogP contribution in [0.1, 0.15) is 28.4 Å². The highest BCUT2D eigenvalue weighted by Gasteiger charge is 2.23. The van der Waals surface area contributed by atoms with Gasteiger partial charge in [-0.25, -0.2) is 4.39 Å². The minimum absolute atomic E-state index is 0.212. The highest BCUT2D eigenvalue weighted by atomic mass is 32.2. The third-order valence-corrected chi connectivity index (χ3v) is 4.49. The summed E-state index contributed by atoms with van der Waals surface area (Å²) < 4.78 is 13.4. The van der Waals surface area contributed by atoms with E-state index in [0.717, 1.165) is 22.6 Å². The van der Waals surface area contributed by atoms with E-state index in [4.69, 9.17) is 0 Å². The van der Waals surface area contributed by atoms with Gasteiger partial charge in [0.2, 0.25) is 5.56 Å². The Morgan fingerprint density at radius 2 is 2.19 bits per heavy atom. The molecular weight excluding hydrogens is 291 g/mol. The Kier molecular flexibility index (Phi) is 3.79. The van der Waals surface area contributed by atoms with Gasteiger partial charge < -0.3 is 10.3 Å². The number of aromatic amines is 1. The molecule has 1 amide bonds. The number of halogens is 1. The van der Waals surface area contributed by atoms with Crippen molar-refractivity contribution in [1.29, 1.82) is 0 Å². The highest BCUT2D eigenvalue weighted by molar-refractivity contribution is 7.99. The number of nitrogens with one attached hydrogen (secondary N) is 2. The van der Waals surface area contributed by atoms with Crippen molar-refractivity contribution in [3.8, 4) is 0 Å². The smallest absolute Gasteiger partial charge is 0.253 e. The molecule has 1 aliphatic heterocycles. The van der Waals surface area contributed by atoms with Crippen molar-refractivity contribution in [3.05, 3.63) is 63.8 Å². The molecule has 6 heteroatoms. The zero-order chi connectivity index (χ0) is 14.8. The highest BCUT2D eigenvalue weighted by Crippen LogP contribution is 2.36. The molecule has 0 bridgehead atoms. The lowest BCUT2D eigenvalue weighted by Gasteiger charge is -2.26. The van der Waals surface area contributed by atoms with E-state index < -0.39 is 0 Å². The summed E-state index contributed by atoms with van der Waals surface area (Å²) in [5.74, 6) is 0.285. The van der Waals surface area contributed by atoms with Crippen molar-refractivity contribution in [2.45, 2.75) is 17.4 Å². The Bertz CT molecular complexity index is 724. The van der Waals surface area contributed by atoms with E-state index in [1.807, 2.05) is 0 Å². The molecule has 1 aliphatic rings. The predicted octanol–water partition coefficient (Wildman–Crippen LogP) is 2.48. The van der Waals surface area contributed by atoms with Crippen LogP contribution in [0.25, 0.3) is 0 Å². The first kappa shape index (κ1) is 13.9. The molecule has 0 fully saturated rings. The van der Waals surface area contributed by atoms with Gasteiger partial charge in [0.05, 0.1) is 11.6 Å². The topological polar surface area (TPSA) is 62.0 Å². The quantitative estimate of drug-likeness (QED) is 0.896. The van der Waals surface area contributed by atoms with Crippen LogP contribution < -0.4 is 10.9 Å². The number of carbonyl (C=O) groups excluding carboxylic acids is 1. The molecule has 0 spiro atoms. The molecule has 21 heavy (non-hydrogen) atoms. The third-order valence-electron chi connectivity index (χ3n) is 3.36. The number of thioether (sulfide) groups is 1.